The van der Waals surface area contributed by atoms with Crippen molar-refractivity contribution in [1.29, 1.82) is 0 Å². The lowest BCUT2D eigenvalue weighted by atomic mass is 9.97. The Morgan fingerprint density at radius 2 is 2.03 bits per heavy atom. The monoisotopic (exact) mass is 487 g/mol. The molecule has 1 heterocycles. The van der Waals surface area contributed by atoms with Crippen LogP contribution in [0.15, 0.2) is 42.5 Å². The normalized spacial score (nSPS) is 17.1. The third-order valence-corrected chi connectivity index (χ3v) is 6.13. The smallest absolute Gasteiger partial charge is 0.337 e. The Morgan fingerprint density at radius 3 is 2.74 bits per heavy atom. The van der Waals surface area contributed by atoms with Crippen molar-refractivity contribution in [3.63, 3.8) is 0 Å². The number of halogens is 1. The number of rotatable bonds is 9. The fraction of sp³-hybridized carbons (Fsp3) is 0.400. The van der Waals surface area contributed by atoms with Crippen LogP contribution < -0.4 is 15.4 Å². The maximum absolute atomic E-state index is 13.4. The first-order valence-corrected chi connectivity index (χ1v) is 11.5. The molecule has 1 aliphatic rings. The molecule has 0 aliphatic carbocycles. The molecule has 0 bridgehead atoms. The minimum Gasteiger partial charge on any atom is -0.496 e. The third-order valence-electron chi connectivity index (χ3n) is 5.90. The highest BCUT2D eigenvalue weighted by molar-refractivity contribution is 6.30. The topological polar surface area (TPSA) is 97.0 Å². The highest BCUT2D eigenvalue weighted by atomic mass is 35.5. The average Bonchev–Trinajstić information content (AvgIpc) is 2.97. The first kappa shape index (κ1) is 25.5. The summed E-state index contributed by atoms with van der Waals surface area (Å²) in [6, 6.07) is 12.4. The highest BCUT2D eigenvalue weighted by Gasteiger charge is 2.31. The predicted octanol–water partition coefficient (Wildman–Crippen LogP) is 2.95. The first-order valence-electron chi connectivity index (χ1n) is 11.2. The van der Waals surface area contributed by atoms with Crippen LogP contribution in [0.5, 0.6) is 5.75 Å². The summed E-state index contributed by atoms with van der Waals surface area (Å²) >= 11 is 6.15. The predicted molar refractivity (Wildman–Crippen MR) is 129 cm³/mol. The molecule has 8 nitrogen and oxygen atoms in total. The second-order valence-corrected chi connectivity index (χ2v) is 8.57. The van der Waals surface area contributed by atoms with Crippen LogP contribution in [0.1, 0.15) is 40.9 Å². The van der Waals surface area contributed by atoms with Crippen molar-refractivity contribution in [2.45, 2.75) is 25.8 Å². The number of carbonyl (C=O) groups excluding carboxylic acids is 3. The van der Waals surface area contributed by atoms with Crippen molar-refractivity contribution < 1.29 is 23.9 Å². The van der Waals surface area contributed by atoms with E-state index in [0.717, 1.165) is 17.5 Å². The summed E-state index contributed by atoms with van der Waals surface area (Å²) in [7, 11) is 2.91. The van der Waals surface area contributed by atoms with Gasteiger partial charge in [0.2, 0.25) is 11.8 Å². The van der Waals surface area contributed by atoms with E-state index < -0.39 is 11.9 Å². The van der Waals surface area contributed by atoms with E-state index in [1.54, 1.807) is 43.5 Å². The lowest BCUT2D eigenvalue weighted by Crippen LogP contribution is -2.44. The lowest BCUT2D eigenvalue weighted by Gasteiger charge is -2.27. The Hall–Kier alpha value is -3.10. The molecular formula is C25H30ClN3O5. The van der Waals surface area contributed by atoms with Gasteiger partial charge in [0.05, 0.1) is 32.4 Å². The van der Waals surface area contributed by atoms with E-state index in [1.165, 1.54) is 12.0 Å². The molecule has 0 radical (unpaired) electrons. The van der Waals surface area contributed by atoms with Gasteiger partial charge in [0.25, 0.3) is 0 Å². The zero-order chi connectivity index (χ0) is 24.7. The van der Waals surface area contributed by atoms with Gasteiger partial charge in [-0.25, -0.2) is 4.79 Å². The third kappa shape index (κ3) is 6.27. The van der Waals surface area contributed by atoms with Gasteiger partial charge in [-0.3, -0.25) is 14.9 Å². The van der Waals surface area contributed by atoms with E-state index in [0.29, 0.717) is 22.8 Å². The summed E-state index contributed by atoms with van der Waals surface area (Å²) in [5, 5.41) is 6.75. The standard InChI is InChI=1S/C25H30ClN3O5/c1-4-21(16-6-5-7-17(10-16)25(32)34-3)28-15-29-14-23(30)27-13-19(24(29)31)11-18-12-20(26)8-9-22(18)33-2/h5-10,12,19,21,28H,4,11,13-15H2,1-3H3,(H,27,30)/t19-,21-/m1/s1. The number of ether oxygens (including phenoxy) is 2. The molecule has 2 aromatic carbocycles. The van der Waals surface area contributed by atoms with Crippen LogP contribution in [-0.2, 0) is 20.7 Å². The van der Waals surface area contributed by atoms with Crippen molar-refractivity contribution in [3.8, 4) is 5.75 Å². The molecule has 1 fully saturated rings. The van der Waals surface area contributed by atoms with Gasteiger partial charge in [-0.15, -0.1) is 0 Å². The van der Waals surface area contributed by atoms with Crippen molar-refractivity contribution in [2.75, 3.05) is 34.0 Å². The van der Waals surface area contributed by atoms with E-state index in [2.05, 4.69) is 10.6 Å². The Balaban J connectivity index is 1.74. The van der Waals surface area contributed by atoms with Gasteiger partial charge < -0.3 is 19.7 Å². The van der Waals surface area contributed by atoms with E-state index in [1.807, 2.05) is 13.0 Å². The minimum absolute atomic E-state index is 0.0341. The number of nitrogens with zero attached hydrogens (tertiary/aromatic N) is 1. The molecular weight excluding hydrogens is 458 g/mol. The molecule has 0 saturated carbocycles. The molecule has 34 heavy (non-hydrogen) atoms. The summed E-state index contributed by atoms with van der Waals surface area (Å²) < 4.78 is 10.2. The van der Waals surface area contributed by atoms with E-state index in [-0.39, 0.29) is 37.6 Å². The molecule has 3 rings (SSSR count). The zero-order valence-electron chi connectivity index (χ0n) is 19.6. The van der Waals surface area contributed by atoms with Gasteiger partial charge >= 0.3 is 5.97 Å². The molecule has 2 amide bonds. The van der Waals surface area contributed by atoms with Gasteiger partial charge in [-0.2, -0.15) is 0 Å². The summed E-state index contributed by atoms with van der Waals surface area (Å²) in [6.07, 6.45) is 1.11. The zero-order valence-corrected chi connectivity index (χ0v) is 20.4. The number of carbonyl (C=O) groups is 3. The maximum atomic E-state index is 13.4. The van der Waals surface area contributed by atoms with Crippen molar-refractivity contribution in [1.82, 2.24) is 15.5 Å². The lowest BCUT2D eigenvalue weighted by molar-refractivity contribution is -0.137. The molecule has 2 N–H and O–H groups in total. The Labute approximate surface area is 204 Å². The van der Waals surface area contributed by atoms with E-state index in [9.17, 15) is 14.4 Å². The molecule has 0 unspecified atom stereocenters. The number of methoxy groups -OCH3 is 2. The fourth-order valence-electron chi connectivity index (χ4n) is 4.07. The summed E-state index contributed by atoms with van der Waals surface area (Å²) in [5.74, 6) is -0.560. The molecule has 2 aromatic rings. The number of hydrogen-bond donors (Lipinski definition) is 2. The van der Waals surface area contributed by atoms with Crippen LogP contribution in [0, 0.1) is 5.92 Å². The van der Waals surface area contributed by atoms with Crippen molar-refractivity contribution in [3.05, 3.63) is 64.2 Å². The van der Waals surface area contributed by atoms with E-state index in [4.69, 9.17) is 21.1 Å². The number of hydrogen-bond acceptors (Lipinski definition) is 6. The van der Waals surface area contributed by atoms with Crippen LogP contribution in [0.2, 0.25) is 5.02 Å². The fourth-order valence-corrected chi connectivity index (χ4v) is 4.27. The Bertz CT molecular complexity index is 1040. The minimum atomic E-state index is -0.455. The second-order valence-electron chi connectivity index (χ2n) is 8.14. The number of nitrogens with one attached hydrogen (secondary N) is 2. The highest BCUT2D eigenvalue weighted by Crippen LogP contribution is 2.26. The van der Waals surface area contributed by atoms with Gasteiger partial charge in [0.1, 0.15) is 12.3 Å². The second kappa shape index (κ2) is 11.9. The van der Waals surface area contributed by atoms with Gasteiger partial charge in [0.15, 0.2) is 0 Å². The molecule has 9 heteroatoms. The first-order chi connectivity index (χ1) is 16.4. The van der Waals surface area contributed by atoms with Gasteiger partial charge in [0, 0.05) is 17.6 Å². The van der Waals surface area contributed by atoms with Crippen LogP contribution >= 0.6 is 11.6 Å². The summed E-state index contributed by atoms with van der Waals surface area (Å²) in [6.45, 7) is 2.40. The molecule has 2 atom stereocenters. The van der Waals surface area contributed by atoms with Gasteiger partial charge in [-0.1, -0.05) is 30.7 Å². The maximum Gasteiger partial charge on any atom is 0.337 e. The Morgan fingerprint density at radius 1 is 1.24 bits per heavy atom. The summed E-state index contributed by atoms with van der Waals surface area (Å²) in [4.78, 5) is 39.1. The Kier molecular flexibility index (Phi) is 8.90. The van der Waals surface area contributed by atoms with Crippen LogP contribution in [0.3, 0.4) is 0 Å². The molecule has 0 aromatic heterocycles. The largest absolute Gasteiger partial charge is 0.496 e. The van der Waals surface area contributed by atoms with Crippen LogP contribution in [0.25, 0.3) is 0 Å². The van der Waals surface area contributed by atoms with Gasteiger partial charge in [-0.05, 0) is 54.3 Å². The van der Waals surface area contributed by atoms with E-state index >= 15 is 0 Å². The summed E-state index contributed by atoms with van der Waals surface area (Å²) in [5.41, 5.74) is 2.17. The van der Waals surface area contributed by atoms with Crippen LogP contribution in [0.4, 0.5) is 0 Å². The van der Waals surface area contributed by atoms with Crippen molar-refractivity contribution >= 4 is 29.4 Å². The van der Waals surface area contributed by atoms with Crippen LogP contribution in [-0.4, -0.2) is 56.7 Å². The number of amides is 2. The quantitative estimate of drug-likeness (QED) is 0.528. The SMILES string of the molecule is CC[C@@H](NCN1CC(=O)NC[C@@H](Cc2cc(Cl)ccc2OC)C1=O)c1cccc(C(=O)OC)c1. The average molecular weight is 488 g/mol. The van der Waals surface area contributed by atoms with Crippen molar-refractivity contribution in [2.24, 2.45) is 5.92 Å². The molecule has 182 valence electrons. The molecule has 1 aliphatic heterocycles. The number of benzene rings is 2. The number of esters is 1. The molecule has 0 spiro atoms. The molecule has 1 saturated heterocycles.